The normalized spacial score (nSPS) is 21.5. The summed E-state index contributed by atoms with van der Waals surface area (Å²) in [6.07, 6.45) is 1.92. The predicted octanol–water partition coefficient (Wildman–Crippen LogP) is 1.17. The van der Waals surface area contributed by atoms with Gasteiger partial charge in [0.25, 0.3) is 0 Å². The molecule has 76 valence electrons. The molecule has 4 nitrogen and oxygen atoms in total. The highest BCUT2D eigenvalue weighted by Crippen LogP contribution is 2.09. The summed E-state index contributed by atoms with van der Waals surface area (Å²) in [6.45, 7) is 6.20. The van der Waals surface area contributed by atoms with Crippen LogP contribution in [0.3, 0.4) is 0 Å². The maximum Gasteiger partial charge on any atom is 0.319 e. The third kappa shape index (κ3) is 2.88. The van der Waals surface area contributed by atoms with Gasteiger partial charge in [-0.15, -0.1) is 0 Å². The van der Waals surface area contributed by atoms with Gasteiger partial charge in [0.1, 0.15) is 6.23 Å². The third-order valence-corrected chi connectivity index (χ3v) is 2.26. The van der Waals surface area contributed by atoms with Gasteiger partial charge in [-0.1, -0.05) is 0 Å². The van der Waals surface area contributed by atoms with Gasteiger partial charge in [-0.3, -0.25) is 0 Å². The van der Waals surface area contributed by atoms with Gasteiger partial charge < -0.3 is 15.0 Å². The van der Waals surface area contributed by atoms with E-state index in [1.165, 1.54) is 0 Å². The van der Waals surface area contributed by atoms with Gasteiger partial charge in [-0.05, 0) is 26.7 Å². The van der Waals surface area contributed by atoms with E-state index in [9.17, 15) is 4.79 Å². The molecule has 0 bridgehead atoms. The van der Waals surface area contributed by atoms with Gasteiger partial charge >= 0.3 is 6.03 Å². The molecule has 0 aliphatic carbocycles. The molecule has 0 saturated carbocycles. The van der Waals surface area contributed by atoms with Crippen LogP contribution in [0.4, 0.5) is 4.79 Å². The Labute approximate surface area is 79.2 Å². The van der Waals surface area contributed by atoms with E-state index in [-0.39, 0.29) is 12.3 Å². The molecule has 0 aromatic heterocycles. The number of rotatable bonds is 3. The van der Waals surface area contributed by atoms with Crippen LogP contribution in [0, 0.1) is 0 Å². The van der Waals surface area contributed by atoms with E-state index in [1.807, 2.05) is 13.8 Å². The lowest BCUT2D eigenvalue weighted by molar-refractivity contribution is 0.0843. The van der Waals surface area contributed by atoms with Crippen LogP contribution < -0.4 is 5.32 Å². The summed E-state index contributed by atoms with van der Waals surface area (Å²) < 4.78 is 5.30. The van der Waals surface area contributed by atoms with Crippen molar-refractivity contribution >= 4 is 6.03 Å². The molecule has 1 heterocycles. The number of carbonyl (C=O) groups excluding carboxylic acids is 1. The van der Waals surface area contributed by atoms with E-state index in [0.717, 1.165) is 32.5 Å². The van der Waals surface area contributed by atoms with Crippen molar-refractivity contribution in [3.05, 3.63) is 0 Å². The second-order valence-electron chi connectivity index (χ2n) is 3.12. The number of nitrogens with zero attached hydrogens (tertiary/aromatic N) is 1. The molecule has 1 N–H and O–H groups in total. The number of urea groups is 1. The molecular weight excluding hydrogens is 168 g/mol. The first-order valence-electron chi connectivity index (χ1n) is 4.95. The SMILES string of the molecule is CCN(CC)C(=O)NC1CCCO1. The first-order chi connectivity index (χ1) is 6.27. The topological polar surface area (TPSA) is 41.6 Å². The smallest absolute Gasteiger partial charge is 0.319 e. The Kier molecular flexibility index (Phi) is 4.02. The largest absolute Gasteiger partial charge is 0.358 e. The van der Waals surface area contributed by atoms with Gasteiger partial charge in [0.05, 0.1) is 0 Å². The average molecular weight is 186 g/mol. The van der Waals surface area contributed by atoms with Crippen LogP contribution in [0.25, 0.3) is 0 Å². The zero-order valence-corrected chi connectivity index (χ0v) is 8.38. The summed E-state index contributed by atoms with van der Waals surface area (Å²) >= 11 is 0. The van der Waals surface area contributed by atoms with Crippen molar-refractivity contribution in [1.29, 1.82) is 0 Å². The molecular formula is C9H18N2O2. The van der Waals surface area contributed by atoms with E-state index in [1.54, 1.807) is 4.90 Å². The highest BCUT2D eigenvalue weighted by Gasteiger charge is 2.19. The van der Waals surface area contributed by atoms with Gasteiger partial charge in [-0.2, -0.15) is 0 Å². The molecule has 0 aromatic rings. The molecule has 1 atom stereocenters. The molecule has 1 fully saturated rings. The Morgan fingerprint density at radius 1 is 1.54 bits per heavy atom. The van der Waals surface area contributed by atoms with Crippen molar-refractivity contribution in [2.24, 2.45) is 0 Å². The fourth-order valence-corrected chi connectivity index (χ4v) is 1.43. The van der Waals surface area contributed by atoms with Crippen molar-refractivity contribution in [3.63, 3.8) is 0 Å². The number of amides is 2. The lowest BCUT2D eigenvalue weighted by Gasteiger charge is -2.21. The predicted molar refractivity (Wildman–Crippen MR) is 50.4 cm³/mol. The van der Waals surface area contributed by atoms with Crippen molar-refractivity contribution in [3.8, 4) is 0 Å². The Bertz CT molecular complexity index is 163. The molecule has 0 aromatic carbocycles. The number of hydrogen-bond donors (Lipinski definition) is 1. The molecule has 1 unspecified atom stereocenters. The molecule has 4 heteroatoms. The van der Waals surface area contributed by atoms with Gasteiger partial charge in [0, 0.05) is 19.7 Å². The van der Waals surface area contributed by atoms with Gasteiger partial charge in [0.2, 0.25) is 0 Å². The number of carbonyl (C=O) groups is 1. The van der Waals surface area contributed by atoms with Crippen molar-refractivity contribution in [2.75, 3.05) is 19.7 Å². The minimum absolute atomic E-state index is 0.0168. The summed E-state index contributed by atoms with van der Waals surface area (Å²) in [7, 11) is 0. The highest BCUT2D eigenvalue weighted by molar-refractivity contribution is 5.74. The first kappa shape index (κ1) is 10.3. The third-order valence-electron chi connectivity index (χ3n) is 2.26. The van der Waals surface area contributed by atoms with Crippen molar-refractivity contribution in [1.82, 2.24) is 10.2 Å². The van der Waals surface area contributed by atoms with Gasteiger partial charge in [-0.25, -0.2) is 4.79 Å². The number of nitrogens with one attached hydrogen (secondary N) is 1. The van der Waals surface area contributed by atoms with Crippen LogP contribution in [0.1, 0.15) is 26.7 Å². The molecule has 1 saturated heterocycles. The molecule has 1 aliphatic rings. The Balaban J connectivity index is 2.29. The van der Waals surface area contributed by atoms with E-state index in [4.69, 9.17) is 4.74 Å². The van der Waals surface area contributed by atoms with E-state index in [0.29, 0.717) is 0 Å². The highest BCUT2D eigenvalue weighted by atomic mass is 16.5. The second kappa shape index (κ2) is 5.07. The standard InChI is InChI=1S/C9H18N2O2/c1-3-11(4-2)9(12)10-8-6-5-7-13-8/h8H,3-7H2,1-2H3,(H,10,12). The fraction of sp³-hybridized carbons (Fsp3) is 0.889. The molecule has 0 spiro atoms. The van der Waals surface area contributed by atoms with Crippen LogP contribution in [0.2, 0.25) is 0 Å². The van der Waals surface area contributed by atoms with Crippen LogP contribution in [-0.4, -0.2) is 36.9 Å². The molecule has 1 aliphatic heterocycles. The first-order valence-corrected chi connectivity index (χ1v) is 4.95. The summed E-state index contributed by atoms with van der Waals surface area (Å²) in [5.41, 5.74) is 0. The fourth-order valence-electron chi connectivity index (χ4n) is 1.43. The molecule has 1 rings (SSSR count). The van der Waals surface area contributed by atoms with E-state index in [2.05, 4.69) is 5.32 Å². The quantitative estimate of drug-likeness (QED) is 0.719. The zero-order chi connectivity index (χ0) is 9.68. The van der Waals surface area contributed by atoms with Crippen LogP contribution in [0.15, 0.2) is 0 Å². The van der Waals surface area contributed by atoms with Crippen molar-refractivity contribution < 1.29 is 9.53 Å². The lowest BCUT2D eigenvalue weighted by atomic mass is 10.3. The maximum absolute atomic E-state index is 11.5. The molecule has 13 heavy (non-hydrogen) atoms. The van der Waals surface area contributed by atoms with Crippen LogP contribution >= 0.6 is 0 Å². The second-order valence-corrected chi connectivity index (χ2v) is 3.12. The summed E-state index contributed by atoms with van der Waals surface area (Å²) in [6, 6.07) is -0.0168. The van der Waals surface area contributed by atoms with E-state index < -0.39 is 0 Å². The summed E-state index contributed by atoms with van der Waals surface area (Å²) in [5.74, 6) is 0. The monoisotopic (exact) mass is 186 g/mol. The number of ether oxygens (including phenoxy) is 1. The van der Waals surface area contributed by atoms with Crippen LogP contribution in [0.5, 0.6) is 0 Å². The summed E-state index contributed by atoms with van der Waals surface area (Å²) in [5, 5.41) is 2.85. The summed E-state index contributed by atoms with van der Waals surface area (Å²) in [4.78, 5) is 13.2. The maximum atomic E-state index is 11.5. The van der Waals surface area contributed by atoms with Crippen molar-refractivity contribution in [2.45, 2.75) is 32.9 Å². The zero-order valence-electron chi connectivity index (χ0n) is 8.38. The lowest BCUT2D eigenvalue weighted by Crippen LogP contribution is -2.44. The van der Waals surface area contributed by atoms with Crippen LogP contribution in [-0.2, 0) is 4.74 Å². The molecule has 0 radical (unpaired) electrons. The molecule has 2 amide bonds. The van der Waals surface area contributed by atoms with Gasteiger partial charge in [0.15, 0.2) is 0 Å². The Morgan fingerprint density at radius 2 is 2.23 bits per heavy atom. The minimum Gasteiger partial charge on any atom is -0.358 e. The van der Waals surface area contributed by atoms with E-state index >= 15 is 0 Å². The Hall–Kier alpha value is -0.770. The average Bonchev–Trinajstić information content (AvgIpc) is 2.59. The Morgan fingerprint density at radius 3 is 2.69 bits per heavy atom. The minimum atomic E-state index is -0.0619. The number of hydrogen-bond acceptors (Lipinski definition) is 2.